The van der Waals surface area contributed by atoms with E-state index >= 15 is 0 Å². The summed E-state index contributed by atoms with van der Waals surface area (Å²) in [5, 5.41) is 0.784. The number of carbonyl (C=O) groups is 1. The topological polar surface area (TPSA) is 52.8 Å². The summed E-state index contributed by atoms with van der Waals surface area (Å²) in [6.45, 7) is 5.83. The Morgan fingerprint density at radius 3 is 2.54 bits per heavy atom. The van der Waals surface area contributed by atoms with Crippen molar-refractivity contribution in [2.75, 3.05) is 54.8 Å². The van der Waals surface area contributed by atoms with Gasteiger partial charge in [0, 0.05) is 61.2 Å². The third-order valence-electron chi connectivity index (χ3n) is 5.77. The first-order chi connectivity index (χ1) is 13.6. The van der Waals surface area contributed by atoms with Crippen molar-refractivity contribution in [2.45, 2.75) is 19.3 Å². The number of piperazine rings is 1. The molecule has 0 aromatic heterocycles. The molecule has 148 valence electrons. The highest BCUT2D eigenvalue weighted by Crippen LogP contribution is 2.32. The monoisotopic (exact) mass is 398 g/mol. The first-order valence-electron chi connectivity index (χ1n) is 10.0. The Hall–Kier alpha value is -2.24. The molecule has 2 aromatic rings. The summed E-state index contributed by atoms with van der Waals surface area (Å²) in [7, 11) is 0. The third-order valence-corrected chi connectivity index (χ3v) is 6.01. The molecule has 2 aliphatic heterocycles. The molecule has 0 saturated carbocycles. The van der Waals surface area contributed by atoms with Crippen molar-refractivity contribution < 1.29 is 4.79 Å². The van der Waals surface area contributed by atoms with Crippen LogP contribution in [0.3, 0.4) is 0 Å². The first-order valence-corrected chi connectivity index (χ1v) is 10.4. The number of hydrogen-bond donors (Lipinski definition) is 1. The Bertz CT molecular complexity index is 848. The van der Waals surface area contributed by atoms with E-state index in [1.165, 1.54) is 5.69 Å². The molecule has 0 bridgehead atoms. The van der Waals surface area contributed by atoms with Gasteiger partial charge in [-0.2, -0.15) is 0 Å². The lowest BCUT2D eigenvalue weighted by atomic mass is 9.99. The average Bonchev–Trinajstić information content (AvgIpc) is 2.70. The quantitative estimate of drug-likeness (QED) is 0.784. The number of anilines is 3. The van der Waals surface area contributed by atoms with Crippen molar-refractivity contribution in [3.8, 4) is 0 Å². The molecule has 1 fully saturated rings. The van der Waals surface area contributed by atoms with Gasteiger partial charge in [0.25, 0.3) is 0 Å². The minimum atomic E-state index is 0.212. The SMILES string of the molecule is Nc1cccc2c1CCC(=O)N2CCCN1CCN(c2cccc(Cl)c2)CC1. The molecule has 0 unspecified atom stereocenters. The van der Waals surface area contributed by atoms with Gasteiger partial charge in [0.2, 0.25) is 5.91 Å². The van der Waals surface area contributed by atoms with Gasteiger partial charge >= 0.3 is 0 Å². The van der Waals surface area contributed by atoms with E-state index in [4.69, 9.17) is 17.3 Å². The standard InChI is InChI=1S/C22H27ClN4O/c23-17-4-1-5-18(16-17)26-14-12-25(13-15-26)10-3-11-27-21-7-2-6-20(24)19(21)8-9-22(27)28/h1-2,4-7,16H,3,8-15,24H2. The van der Waals surface area contributed by atoms with Crippen LogP contribution in [0.15, 0.2) is 42.5 Å². The number of halogens is 1. The molecule has 0 spiro atoms. The van der Waals surface area contributed by atoms with Crippen molar-refractivity contribution in [3.63, 3.8) is 0 Å². The molecule has 2 N–H and O–H groups in total. The summed E-state index contributed by atoms with van der Waals surface area (Å²) in [6, 6.07) is 13.9. The number of fused-ring (bicyclic) bond motifs is 1. The molecule has 1 amide bonds. The van der Waals surface area contributed by atoms with Crippen LogP contribution in [0.1, 0.15) is 18.4 Å². The maximum absolute atomic E-state index is 12.4. The molecule has 6 heteroatoms. The van der Waals surface area contributed by atoms with E-state index in [0.29, 0.717) is 6.42 Å². The smallest absolute Gasteiger partial charge is 0.227 e. The number of hydrogen-bond acceptors (Lipinski definition) is 4. The minimum absolute atomic E-state index is 0.212. The van der Waals surface area contributed by atoms with Gasteiger partial charge in [-0.15, -0.1) is 0 Å². The second kappa shape index (κ2) is 8.41. The molecule has 0 radical (unpaired) electrons. The van der Waals surface area contributed by atoms with Crippen LogP contribution >= 0.6 is 11.6 Å². The average molecular weight is 399 g/mol. The second-order valence-electron chi connectivity index (χ2n) is 7.55. The highest BCUT2D eigenvalue weighted by molar-refractivity contribution is 6.30. The molecule has 4 rings (SSSR count). The zero-order valence-corrected chi connectivity index (χ0v) is 16.9. The molecule has 1 saturated heterocycles. The van der Waals surface area contributed by atoms with Gasteiger partial charge in [0.15, 0.2) is 0 Å². The van der Waals surface area contributed by atoms with Crippen LogP contribution in [0, 0.1) is 0 Å². The molecule has 5 nitrogen and oxygen atoms in total. The molecule has 2 aliphatic rings. The number of nitrogens with zero attached hydrogens (tertiary/aromatic N) is 3. The van der Waals surface area contributed by atoms with E-state index in [2.05, 4.69) is 15.9 Å². The summed E-state index contributed by atoms with van der Waals surface area (Å²) in [5.74, 6) is 0.212. The fraction of sp³-hybridized carbons (Fsp3) is 0.409. The van der Waals surface area contributed by atoms with Gasteiger partial charge in [-0.25, -0.2) is 0 Å². The highest BCUT2D eigenvalue weighted by atomic mass is 35.5. The predicted octanol–water partition coefficient (Wildman–Crippen LogP) is 3.41. The first kappa shape index (κ1) is 19.1. The molecular weight excluding hydrogens is 372 g/mol. The lowest BCUT2D eigenvalue weighted by Gasteiger charge is -2.37. The van der Waals surface area contributed by atoms with E-state index < -0.39 is 0 Å². The van der Waals surface area contributed by atoms with E-state index in [-0.39, 0.29) is 5.91 Å². The van der Waals surface area contributed by atoms with Crippen molar-refractivity contribution in [3.05, 3.63) is 53.1 Å². The van der Waals surface area contributed by atoms with E-state index in [1.807, 2.05) is 41.3 Å². The van der Waals surface area contributed by atoms with Crippen LogP contribution < -0.4 is 15.5 Å². The molecule has 2 heterocycles. The Labute approximate surface area is 171 Å². The minimum Gasteiger partial charge on any atom is -0.398 e. The van der Waals surface area contributed by atoms with Crippen molar-refractivity contribution in [2.24, 2.45) is 0 Å². The van der Waals surface area contributed by atoms with Crippen molar-refractivity contribution in [1.29, 1.82) is 0 Å². The normalized spacial score (nSPS) is 17.7. The Morgan fingerprint density at radius 2 is 1.75 bits per heavy atom. The van der Waals surface area contributed by atoms with Gasteiger partial charge in [0.05, 0.1) is 0 Å². The molecule has 0 aliphatic carbocycles. The number of nitrogen functional groups attached to an aromatic ring is 1. The molecular formula is C22H27ClN4O. The largest absolute Gasteiger partial charge is 0.398 e. The Morgan fingerprint density at radius 1 is 0.964 bits per heavy atom. The maximum atomic E-state index is 12.4. The predicted molar refractivity (Wildman–Crippen MR) is 116 cm³/mol. The van der Waals surface area contributed by atoms with Crippen LogP contribution in [0.4, 0.5) is 17.1 Å². The van der Waals surface area contributed by atoms with Gasteiger partial charge < -0.3 is 15.5 Å². The van der Waals surface area contributed by atoms with Crippen molar-refractivity contribution >= 4 is 34.6 Å². The van der Waals surface area contributed by atoms with Gasteiger partial charge in [-0.05, 0) is 55.3 Å². The highest BCUT2D eigenvalue weighted by Gasteiger charge is 2.25. The van der Waals surface area contributed by atoms with Crippen LogP contribution in [0.5, 0.6) is 0 Å². The summed E-state index contributed by atoms with van der Waals surface area (Å²) in [6.07, 6.45) is 2.28. The molecule has 28 heavy (non-hydrogen) atoms. The van der Waals surface area contributed by atoms with Crippen LogP contribution in [0.25, 0.3) is 0 Å². The zero-order valence-electron chi connectivity index (χ0n) is 16.1. The van der Waals surface area contributed by atoms with Gasteiger partial charge in [0.1, 0.15) is 0 Å². The van der Waals surface area contributed by atoms with Crippen LogP contribution in [0.2, 0.25) is 5.02 Å². The third kappa shape index (κ3) is 4.10. The Balaban J connectivity index is 1.29. The van der Waals surface area contributed by atoms with Gasteiger partial charge in [-0.1, -0.05) is 23.7 Å². The molecule has 2 aromatic carbocycles. The molecule has 0 atom stereocenters. The second-order valence-corrected chi connectivity index (χ2v) is 7.99. The lowest BCUT2D eigenvalue weighted by molar-refractivity contribution is -0.118. The van der Waals surface area contributed by atoms with E-state index in [0.717, 1.165) is 74.1 Å². The van der Waals surface area contributed by atoms with Gasteiger partial charge in [-0.3, -0.25) is 9.69 Å². The summed E-state index contributed by atoms with van der Waals surface area (Å²) < 4.78 is 0. The van der Waals surface area contributed by atoms with Crippen LogP contribution in [-0.2, 0) is 11.2 Å². The summed E-state index contributed by atoms with van der Waals surface area (Å²) >= 11 is 6.12. The van der Waals surface area contributed by atoms with E-state index in [1.54, 1.807) is 0 Å². The fourth-order valence-corrected chi connectivity index (χ4v) is 4.40. The fourth-order valence-electron chi connectivity index (χ4n) is 4.22. The van der Waals surface area contributed by atoms with E-state index in [9.17, 15) is 4.79 Å². The lowest BCUT2D eigenvalue weighted by Crippen LogP contribution is -2.47. The number of rotatable bonds is 5. The summed E-state index contributed by atoms with van der Waals surface area (Å²) in [4.78, 5) is 19.2. The number of benzene rings is 2. The number of nitrogens with two attached hydrogens (primary N) is 1. The van der Waals surface area contributed by atoms with Crippen molar-refractivity contribution in [1.82, 2.24) is 4.90 Å². The number of carbonyl (C=O) groups excluding carboxylic acids is 1. The zero-order chi connectivity index (χ0) is 19.5. The maximum Gasteiger partial charge on any atom is 0.227 e. The summed E-state index contributed by atoms with van der Waals surface area (Å²) in [5.41, 5.74) is 10.2. The Kier molecular flexibility index (Phi) is 5.74. The number of amides is 1. The van der Waals surface area contributed by atoms with Crippen LogP contribution in [-0.4, -0.2) is 50.1 Å².